The van der Waals surface area contributed by atoms with Crippen molar-refractivity contribution in [1.29, 1.82) is 0 Å². The molecule has 0 radical (unpaired) electrons. The van der Waals surface area contributed by atoms with E-state index in [-0.39, 0.29) is 0 Å². The summed E-state index contributed by atoms with van der Waals surface area (Å²) in [5.41, 5.74) is 1.90. The molecule has 2 heterocycles. The number of halogens is 1. The van der Waals surface area contributed by atoms with Gasteiger partial charge >= 0.3 is 0 Å². The van der Waals surface area contributed by atoms with E-state index < -0.39 is 6.49 Å². The lowest BCUT2D eigenvalue weighted by Crippen LogP contribution is -2.51. The quantitative estimate of drug-likeness (QED) is 0.630. The summed E-state index contributed by atoms with van der Waals surface area (Å²) in [6.07, 6.45) is 0. The molecule has 9 heteroatoms. The standard InChI is InChI=1S/C22H30ClN4O2PS/c1-24-10-12-25(13-11-24)30(31,26-14-16-29-17-15-26)27(21-8-6-20(23)7-9-21)18-19-4-2-3-5-22(19)28/h2-9,28H,10-18H2,1H3. The minimum absolute atomic E-state index is 0.295. The highest BCUT2D eigenvalue weighted by Gasteiger charge is 2.40. The molecule has 2 fully saturated rings. The van der Waals surface area contributed by atoms with Crippen molar-refractivity contribution in [3.05, 3.63) is 59.1 Å². The van der Waals surface area contributed by atoms with Gasteiger partial charge in [-0.3, -0.25) is 0 Å². The lowest BCUT2D eigenvalue weighted by atomic mass is 10.2. The summed E-state index contributed by atoms with van der Waals surface area (Å²) in [5.74, 6) is 0.295. The first-order valence-electron chi connectivity index (χ1n) is 10.7. The number of phenolic OH excluding ortho intramolecular Hbond substituents is 1. The highest BCUT2D eigenvalue weighted by molar-refractivity contribution is 8.13. The number of ether oxygens (including phenoxy) is 1. The number of likely N-dealkylation sites (N-methyl/N-ethyl adjacent to an activating group) is 1. The number of anilines is 1. The number of morpholine rings is 1. The molecule has 2 aromatic rings. The number of para-hydroxylation sites is 1. The lowest BCUT2D eigenvalue weighted by molar-refractivity contribution is 0.0709. The van der Waals surface area contributed by atoms with E-state index in [0.29, 0.717) is 30.5 Å². The molecule has 0 aliphatic carbocycles. The monoisotopic (exact) mass is 480 g/mol. The third kappa shape index (κ3) is 5.09. The molecule has 0 saturated carbocycles. The van der Waals surface area contributed by atoms with E-state index in [0.717, 1.165) is 50.5 Å². The second kappa shape index (κ2) is 10.2. The van der Waals surface area contributed by atoms with Crippen LogP contribution in [0.5, 0.6) is 5.75 Å². The zero-order valence-corrected chi connectivity index (χ0v) is 20.3. The van der Waals surface area contributed by atoms with Crippen LogP contribution >= 0.6 is 18.1 Å². The third-order valence-electron chi connectivity index (χ3n) is 5.95. The van der Waals surface area contributed by atoms with E-state index in [2.05, 4.69) is 26.0 Å². The van der Waals surface area contributed by atoms with E-state index >= 15 is 0 Å². The first-order chi connectivity index (χ1) is 15.0. The Hall–Kier alpha value is -1.18. The number of hydrogen-bond acceptors (Lipinski definition) is 4. The Bertz CT molecular complexity index is 918. The Balaban J connectivity index is 1.79. The van der Waals surface area contributed by atoms with Crippen molar-refractivity contribution in [3.63, 3.8) is 0 Å². The maximum Gasteiger partial charge on any atom is 0.170 e. The van der Waals surface area contributed by atoms with Crippen LogP contribution in [0.15, 0.2) is 48.5 Å². The molecule has 0 amide bonds. The van der Waals surface area contributed by atoms with Gasteiger partial charge in [0.1, 0.15) is 5.75 Å². The van der Waals surface area contributed by atoms with Crippen LogP contribution in [0.3, 0.4) is 0 Å². The predicted octanol–water partition coefficient (Wildman–Crippen LogP) is 3.86. The Labute approximate surface area is 195 Å². The van der Waals surface area contributed by atoms with Crippen LogP contribution in [0, 0.1) is 0 Å². The lowest BCUT2D eigenvalue weighted by Gasteiger charge is -2.52. The van der Waals surface area contributed by atoms with Gasteiger partial charge in [-0.25, -0.2) is 9.34 Å². The van der Waals surface area contributed by atoms with Gasteiger partial charge in [0.25, 0.3) is 0 Å². The van der Waals surface area contributed by atoms with Crippen LogP contribution in [0.4, 0.5) is 5.69 Å². The number of benzene rings is 2. The molecule has 6 nitrogen and oxygen atoms in total. The van der Waals surface area contributed by atoms with Crippen molar-refractivity contribution in [2.75, 3.05) is 64.2 Å². The smallest absolute Gasteiger partial charge is 0.170 e. The maximum atomic E-state index is 10.5. The van der Waals surface area contributed by atoms with Crippen LogP contribution < -0.4 is 4.67 Å². The van der Waals surface area contributed by atoms with Crippen molar-refractivity contribution in [2.24, 2.45) is 0 Å². The molecule has 1 unspecified atom stereocenters. The maximum absolute atomic E-state index is 10.5. The van der Waals surface area contributed by atoms with Crippen LogP contribution in [-0.4, -0.2) is 78.9 Å². The molecule has 0 aromatic heterocycles. The summed E-state index contributed by atoms with van der Waals surface area (Å²) in [4.78, 5) is 2.35. The SMILES string of the molecule is CN1CCN(P(=S)(N2CCOCC2)N(Cc2ccccc2O)c2ccc(Cl)cc2)CC1. The normalized spacial score (nSPS) is 21.0. The summed E-state index contributed by atoms with van der Waals surface area (Å²) in [7, 11) is 2.16. The molecular weight excluding hydrogens is 451 g/mol. The summed E-state index contributed by atoms with van der Waals surface area (Å²) in [6.45, 7) is 5.03. The number of piperazine rings is 1. The third-order valence-corrected chi connectivity index (χ3v) is 11.5. The van der Waals surface area contributed by atoms with E-state index in [4.69, 9.17) is 28.1 Å². The Morgan fingerprint density at radius 2 is 1.58 bits per heavy atom. The van der Waals surface area contributed by atoms with Gasteiger partial charge < -0.3 is 19.4 Å². The van der Waals surface area contributed by atoms with E-state index in [1.807, 2.05) is 42.5 Å². The minimum Gasteiger partial charge on any atom is -0.508 e. The van der Waals surface area contributed by atoms with E-state index in [1.54, 1.807) is 6.07 Å². The van der Waals surface area contributed by atoms with Crippen LogP contribution in [0.1, 0.15) is 5.56 Å². The van der Waals surface area contributed by atoms with Crippen molar-refractivity contribution in [3.8, 4) is 5.75 Å². The second-order valence-electron chi connectivity index (χ2n) is 8.00. The number of phenols is 1. The van der Waals surface area contributed by atoms with E-state index in [1.165, 1.54) is 0 Å². The molecule has 2 aliphatic rings. The summed E-state index contributed by atoms with van der Waals surface area (Å²) in [6, 6.07) is 15.4. The molecule has 0 spiro atoms. The Morgan fingerprint density at radius 3 is 2.23 bits per heavy atom. The summed E-state index contributed by atoms with van der Waals surface area (Å²) >= 11 is 12.9. The largest absolute Gasteiger partial charge is 0.508 e. The van der Waals surface area contributed by atoms with Crippen LogP contribution in [0.2, 0.25) is 5.02 Å². The van der Waals surface area contributed by atoms with Gasteiger partial charge in [0.2, 0.25) is 0 Å². The second-order valence-corrected chi connectivity index (χ2v) is 12.5. The first-order valence-corrected chi connectivity index (χ1v) is 13.7. The molecule has 1 N–H and O–H groups in total. The van der Waals surface area contributed by atoms with Crippen molar-refractivity contribution in [2.45, 2.75) is 6.54 Å². The molecule has 0 bridgehead atoms. The molecule has 168 valence electrons. The van der Waals surface area contributed by atoms with Crippen LogP contribution in [0.25, 0.3) is 0 Å². The topological polar surface area (TPSA) is 42.4 Å². The van der Waals surface area contributed by atoms with Crippen LogP contribution in [-0.2, 0) is 23.1 Å². The molecule has 2 aromatic carbocycles. The fraction of sp³-hybridized carbons (Fsp3) is 0.455. The summed E-state index contributed by atoms with van der Waals surface area (Å²) in [5, 5.41) is 11.2. The number of rotatable bonds is 6. The van der Waals surface area contributed by atoms with E-state index in [9.17, 15) is 5.11 Å². The van der Waals surface area contributed by atoms with Gasteiger partial charge in [-0.2, -0.15) is 0 Å². The average Bonchev–Trinajstić information content (AvgIpc) is 2.80. The Morgan fingerprint density at radius 1 is 0.968 bits per heavy atom. The van der Waals surface area contributed by atoms with Gasteiger partial charge in [0.15, 0.2) is 6.49 Å². The van der Waals surface area contributed by atoms with Gasteiger partial charge in [-0.15, -0.1) is 0 Å². The van der Waals surface area contributed by atoms with Gasteiger partial charge in [-0.05, 0) is 49.2 Å². The van der Waals surface area contributed by atoms with Gasteiger partial charge in [-0.1, -0.05) is 29.8 Å². The first kappa shape index (κ1) is 23.0. The Kier molecular flexibility index (Phi) is 7.55. The number of hydrogen-bond donors (Lipinski definition) is 1. The average molecular weight is 481 g/mol. The predicted molar refractivity (Wildman–Crippen MR) is 131 cm³/mol. The molecule has 4 rings (SSSR count). The number of aromatic hydroxyl groups is 1. The molecule has 2 saturated heterocycles. The van der Waals surface area contributed by atoms with Crippen molar-refractivity contribution in [1.82, 2.24) is 14.2 Å². The molecule has 1 atom stereocenters. The number of nitrogens with zero attached hydrogens (tertiary/aromatic N) is 4. The molecular formula is C22H30ClN4O2PS. The van der Waals surface area contributed by atoms with Gasteiger partial charge in [0, 0.05) is 55.5 Å². The highest BCUT2D eigenvalue weighted by Crippen LogP contribution is 2.59. The van der Waals surface area contributed by atoms with Gasteiger partial charge in [0.05, 0.1) is 19.8 Å². The highest BCUT2D eigenvalue weighted by atomic mass is 35.5. The minimum atomic E-state index is -2.36. The zero-order chi connectivity index (χ0) is 21.8. The molecule has 2 aliphatic heterocycles. The summed E-state index contributed by atoms with van der Waals surface area (Å²) < 4.78 is 13.0. The zero-order valence-electron chi connectivity index (χ0n) is 17.9. The van der Waals surface area contributed by atoms with Crippen molar-refractivity contribution >= 4 is 35.6 Å². The van der Waals surface area contributed by atoms with Crippen molar-refractivity contribution < 1.29 is 9.84 Å². The fourth-order valence-electron chi connectivity index (χ4n) is 4.11. The fourth-order valence-corrected chi connectivity index (χ4v) is 8.79. The molecule has 31 heavy (non-hydrogen) atoms.